The summed E-state index contributed by atoms with van der Waals surface area (Å²) in [7, 11) is 0. The maximum Gasteiger partial charge on any atom is 0.164 e. The Bertz CT molecular complexity index is 3520. The largest absolute Gasteiger partial charge is 0.456 e. The third kappa shape index (κ3) is 5.08. The van der Waals surface area contributed by atoms with Gasteiger partial charge in [0.05, 0.1) is 11.0 Å². The standard InChI is InChI=1S/C51H30N4O2/c1-2-10-31(11-3-1)33-21-26-44-41(28-33)37-12-4-7-15-43(37)55(44)36-23-18-32(19-24-36)49-52-50(34-22-27-47-42(29-34)39-14-6-9-17-46(39)56-47)54-51(53-49)35-20-25-40-38-13-5-8-16-45(38)57-48(40)30-35/h1-30H. The molecule has 0 spiro atoms. The molecular formula is C51H30N4O2. The van der Waals surface area contributed by atoms with Gasteiger partial charge in [-0.2, -0.15) is 0 Å². The second-order valence-corrected chi connectivity index (χ2v) is 14.4. The highest BCUT2D eigenvalue weighted by Crippen LogP contribution is 2.37. The van der Waals surface area contributed by atoms with E-state index in [1.807, 2.05) is 54.6 Å². The van der Waals surface area contributed by atoms with E-state index in [4.69, 9.17) is 23.8 Å². The highest BCUT2D eigenvalue weighted by molar-refractivity contribution is 6.11. The summed E-state index contributed by atoms with van der Waals surface area (Å²) in [5.74, 6) is 1.72. The van der Waals surface area contributed by atoms with E-state index in [2.05, 4.69) is 132 Å². The predicted molar refractivity (Wildman–Crippen MR) is 230 cm³/mol. The van der Waals surface area contributed by atoms with Crippen molar-refractivity contribution in [2.45, 2.75) is 0 Å². The van der Waals surface area contributed by atoms with Crippen LogP contribution in [-0.2, 0) is 0 Å². The smallest absolute Gasteiger partial charge is 0.164 e. The molecule has 0 saturated heterocycles. The summed E-state index contributed by atoms with van der Waals surface area (Å²) in [6, 6.07) is 62.9. The molecular weight excluding hydrogens is 701 g/mol. The zero-order valence-corrected chi connectivity index (χ0v) is 30.4. The second kappa shape index (κ2) is 12.3. The molecule has 4 heterocycles. The Morgan fingerprint density at radius 1 is 0.298 bits per heavy atom. The fraction of sp³-hybridized carbons (Fsp3) is 0. The average molecular weight is 731 g/mol. The number of benzene rings is 8. The number of hydrogen-bond donors (Lipinski definition) is 0. The number of para-hydroxylation sites is 3. The molecule has 0 radical (unpaired) electrons. The van der Waals surface area contributed by atoms with Gasteiger partial charge in [-0.15, -0.1) is 0 Å². The fourth-order valence-electron chi connectivity index (χ4n) is 8.31. The van der Waals surface area contributed by atoms with Crippen LogP contribution in [0.25, 0.3) is 117 Å². The van der Waals surface area contributed by atoms with Crippen LogP contribution in [0.4, 0.5) is 0 Å². The van der Waals surface area contributed by atoms with E-state index in [0.717, 1.165) is 77.3 Å². The van der Waals surface area contributed by atoms with E-state index in [9.17, 15) is 0 Å². The number of rotatable bonds is 5. The van der Waals surface area contributed by atoms with Gasteiger partial charge < -0.3 is 13.4 Å². The molecule has 0 saturated carbocycles. The summed E-state index contributed by atoms with van der Waals surface area (Å²) in [4.78, 5) is 15.3. The Morgan fingerprint density at radius 3 is 1.58 bits per heavy atom. The van der Waals surface area contributed by atoms with Gasteiger partial charge in [0.2, 0.25) is 0 Å². The van der Waals surface area contributed by atoms with Crippen LogP contribution in [-0.4, -0.2) is 19.5 Å². The number of furan rings is 2. The molecule has 57 heavy (non-hydrogen) atoms. The monoisotopic (exact) mass is 730 g/mol. The van der Waals surface area contributed by atoms with Crippen LogP contribution in [0.2, 0.25) is 0 Å². The molecule has 0 aliphatic heterocycles. The van der Waals surface area contributed by atoms with Gasteiger partial charge in [-0.3, -0.25) is 0 Å². The summed E-state index contributed by atoms with van der Waals surface area (Å²) >= 11 is 0. The normalized spacial score (nSPS) is 11.9. The first kappa shape index (κ1) is 31.5. The molecule has 12 rings (SSSR count). The first-order chi connectivity index (χ1) is 28.2. The molecule has 0 amide bonds. The summed E-state index contributed by atoms with van der Waals surface area (Å²) < 4.78 is 14.8. The number of hydrogen-bond acceptors (Lipinski definition) is 5. The van der Waals surface area contributed by atoms with Crippen LogP contribution in [0, 0.1) is 0 Å². The molecule has 0 unspecified atom stereocenters. The summed E-state index contributed by atoms with van der Waals surface area (Å²) in [5, 5.41) is 6.63. The molecule has 0 fully saturated rings. The third-order valence-corrected chi connectivity index (χ3v) is 11.1. The first-order valence-electron chi connectivity index (χ1n) is 19.0. The van der Waals surface area contributed by atoms with Crippen molar-refractivity contribution in [3.63, 3.8) is 0 Å². The van der Waals surface area contributed by atoms with E-state index in [1.54, 1.807) is 0 Å². The van der Waals surface area contributed by atoms with Crippen molar-refractivity contribution in [3.05, 3.63) is 182 Å². The molecule has 0 N–H and O–H groups in total. The van der Waals surface area contributed by atoms with Gasteiger partial charge in [-0.1, -0.05) is 97.1 Å². The van der Waals surface area contributed by atoms with Crippen LogP contribution in [0.1, 0.15) is 0 Å². The number of aromatic nitrogens is 4. The van der Waals surface area contributed by atoms with Crippen LogP contribution in [0.3, 0.4) is 0 Å². The van der Waals surface area contributed by atoms with Gasteiger partial charge in [0.25, 0.3) is 0 Å². The lowest BCUT2D eigenvalue weighted by Gasteiger charge is -2.11. The lowest BCUT2D eigenvalue weighted by Crippen LogP contribution is -2.00. The van der Waals surface area contributed by atoms with E-state index in [0.29, 0.717) is 17.5 Å². The number of nitrogens with zero attached hydrogens (tertiary/aromatic N) is 4. The molecule has 6 nitrogen and oxygen atoms in total. The van der Waals surface area contributed by atoms with Gasteiger partial charge in [-0.05, 0) is 96.1 Å². The summed E-state index contributed by atoms with van der Waals surface area (Å²) in [6.07, 6.45) is 0. The molecule has 0 aliphatic rings. The van der Waals surface area contributed by atoms with E-state index in [1.165, 1.54) is 21.9 Å². The SMILES string of the molecule is c1ccc(-c2ccc3c(c2)c2ccccc2n3-c2ccc(-c3nc(-c4ccc5c(c4)oc4ccccc45)nc(-c4ccc5oc6ccccc6c5c4)n3)cc2)cc1. The van der Waals surface area contributed by atoms with E-state index < -0.39 is 0 Å². The highest BCUT2D eigenvalue weighted by Gasteiger charge is 2.18. The Labute approximate surface area is 325 Å². The lowest BCUT2D eigenvalue weighted by atomic mass is 10.0. The molecule has 4 aromatic heterocycles. The Hall–Kier alpha value is -7.83. The molecule has 6 heteroatoms. The van der Waals surface area contributed by atoms with E-state index >= 15 is 0 Å². The minimum absolute atomic E-state index is 0.565. The third-order valence-electron chi connectivity index (χ3n) is 11.1. The zero-order chi connectivity index (χ0) is 37.5. The topological polar surface area (TPSA) is 69.9 Å². The quantitative estimate of drug-likeness (QED) is 0.176. The Morgan fingerprint density at radius 2 is 0.807 bits per heavy atom. The Kier molecular flexibility index (Phi) is 6.83. The van der Waals surface area contributed by atoms with Gasteiger partial charge in [0.1, 0.15) is 22.3 Å². The van der Waals surface area contributed by atoms with Crippen LogP contribution in [0.15, 0.2) is 191 Å². The second-order valence-electron chi connectivity index (χ2n) is 14.4. The maximum atomic E-state index is 6.28. The van der Waals surface area contributed by atoms with Gasteiger partial charge in [0.15, 0.2) is 17.5 Å². The maximum absolute atomic E-state index is 6.28. The van der Waals surface area contributed by atoms with Crippen molar-refractivity contribution >= 4 is 65.7 Å². The number of fused-ring (bicyclic) bond motifs is 9. The lowest BCUT2D eigenvalue weighted by molar-refractivity contribution is 0.668. The van der Waals surface area contributed by atoms with Crippen molar-refractivity contribution in [1.29, 1.82) is 0 Å². The van der Waals surface area contributed by atoms with Gasteiger partial charge >= 0.3 is 0 Å². The first-order valence-corrected chi connectivity index (χ1v) is 19.0. The molecule has 0 bridgehead atoms. The van der Waals surface area contributed by atoms with Crippen LogP contribution < -0.4 is 0 Å². The van der Waals surface area contributed by atoms with Crippen molar-refractivity contribution in [2.24, 2.45) is 0 Å². The minimum atomic E-state index is 0.565. The zero-order valence-electron chi connectivity index (χ0n) is 30.4. The van der Waals surface area contributed by atoms with Crippen molar-refractivity contribution < 1.29 is 8.83 Å². The summed E-state index contributed by atoms with van der Waals surface area (Å²) in [6.45, 7) is 0. The summed E-state index contributed by atoms with van der Waals surface area (Å²) in [5.41, 5.74) is 11.7. The van der Waals surface area contributed by atoms with Crippen molar-refractivity contribution in [1.82, 2.24) is 19.5 Å². The Balaban J connectivity index is 1.00. The van der Waals surface area contributed by atoms with E-state index in [-0.39, 0.29) is 0 Å². The van der Waals surface area contributed by atoms with Crippen molar-refractivity contribution in [2.75, 3.05) is 0 Å². The molecule has 0 atom stereocenters. The van der Waals surface area contributed by atoms with Gasteiger partial charge in [-0.25, -0.2) is 15.0 Å². The molecule has 266 valence electrons. The minimum Gasteiger partial charge on any atom is -0.456 e. The van der Waals surface area contributed by atoms with Gasteiger partial charge in [0, 0.05) is 54.7 Å². The van der Waals surface area contributed by atoms with Crippen molar-refractivity contribution in [3.8, 4) is 51.0 Å². The predicted octanol–water partition coefficient (Wildman–Crippen LogP) is 13.4. The van der Waals surface area contributed by atoms with Crippen LogP contribution in [0.5, 0.6) is 0 Å². The highest BCUT2D eigenvalue weighted by atomic mass is 16.3. The fourth-order valence-corrected chi connectivity index (χ4v) is 8.31. The molecule has 12 aromatic rings. The average Bonchev–Trinajstić information content (AvgIpc) is 3.95. The van der Waals surface area contributed by atoms with Crippen LogP contribution >= 0.6 is 0 Å². The molecule has 8 aromatic carbocycles. The molecule has 0 aliphatic carbocycles.